The van der Waals surface area contributed by atoms with Gasteiger partial charge in [-0.1, -0.05) is 6.42 Å². The van der Waals surface area contributed by atoms with Crippen LogP contribution in [-0.4, -0.2) is 41.3 Å². The zero-order valence-electron chi connectivity index (χ0n) is 10.1. The maximum absolute atomic E-state index is 4.20. The van der Waals surface area contributed by atoms with Crippen LogP contribution in [0.4, 0.5) is 0 Å². The van der Waals surface area contributed by atoms with E-state index in [2.05, 4.69) is 26.5 Å². The molecule has 0 saturated carbocycles. The first-order valence-electron chi connectivity index (χ1n) is 6.28. The second-order valence-electron chi connectivity index (χ2n) is 4.62. The second-order valence-corrected chi connectivity index (χ2v) is 4.62. The van der Waals surface area contributed by atoms with E-state index in [-0.39, 0.29) is 0 Å². The van der Waals surface area contributed by atoms with Gasteiger partial charge in [-0.15, -0.1) is 0 Å². The Morgan fingerprint density at radius 3 is 2.88 bits per heavy atom. The van der Waals surface area contributed by atoms with E-state index in [9.17, 15) is 0 Å². The van der Waals surface area contributed by atoms with Crippen molar-refractivity contribution in [2.75, 3.05) is 26.2 Å². The first kappa shape index (κ1) is 11.6. The standard InChI is InChI=1S/C12H22N4/c1-11-9-12(15-14-11)10-13-5-8-16-6-3-2-4-7-16/h9,13H,2-8,10H2,1H3,(H,14,15). The van der Waals surface area contributed by atoms with Crippen molar-refractivity contribution in [1.29, 1.82) is 0 Å². The zero-order valence-corrected chi connectivity index (χ0v) is 10.1. The van der Waals surface area contributed by atoms with Gasteiger partial charge in [0.25, 0.3) is 0 Å². The summed E-state index contributed by atoms with van der Waals surface area (Å²) < 4.78 is 0. The summed E-state index contributed by atoms with van der Waals surface area (Å²) in [6, 6.07) is 2.09. The minimum atomic E-state index is 0.873. The number of hydrogen-bond donors (Lipinski definition) is 2. The van der Waals surface area contributed by atoms with Crippen LogP contribution in [0.5, 0.6) is 0 Å². The van der Waals surface area contributed by atoms with Crippen LogP contribution >= 0.6 is 0 Å². The molecule has 0 atom stereocenters. The molecule has 0 radical (unpaired) electrons. The van der Waals surface area contributed by atoms with Gasteiger partial charge in [0.1, 0.15) is 0 Å². The van der Waals surface area contributed by atoms with Crippen molar-refractivity contribution in [3.63, 3.8) is 0 Å². The van der Waals surface area contributed by atoms with Crippen LogP contribution < -0.4 is 5.32 Å². The highest BCUT2D eigenvalue weighted by atomic mass is 15.2. The summed E-state index contributed by atoms with van der Waals surface area (Å²) in [5.41, 5.74) is 2.24. The fraction of sp³-hybridized carbons (Fsp3) is 0.750. The van der Waals surface area contributed by atoms with Crippen LogP contribution in [0.3, 0.4) is 0 Å². The first-order valence-corrected chi connectivity index (χ1v) is 6.28. The third-order valence-corrected chi connectivity index (χ3v) is 3.12. The number of rotatable bonds is 5. The van der Waals surface area contributed by atoms with E-state index >= 15 is 0 Å². The smallest absolute Gasteiger partial charge is 0.0762 e. The molecule has 1 aromatic heterocycles. The monoisotopic (exact) mass is 222 g/mol. The molecule has 1 saturated heterocycles. The van der Waals surface area contributed by atoms with Crippen molar-refractivity contribution in [2.45, 2.75) is 32.7 Å². The van der Waals surface area contributed by atoms with Crippen LogP contribution in [0.15, 0.2) is 6.07 Å². The van der Waals surface area contributed by atoms with Crippen molar-refractivity contribution in [2.24, 2.45) is 0 Å². The highest BCUT2D eigenvalue weighted by molar-refractivity contribution is 5.06. The van der Waals surface area contributed by atoms with Gasteiger partial charge in [0, 0.05) is 25.3 Å². The maximum atomic E-state index is 4.20. The largest absolute Gasteiger partial charge is 0.310 e. The van der Waals surface area contributed by atoms with Crippen molar-refractivity contribution < 1.29 is 0 Å². The minimum absolute atomic E-state index is 0.873. The van der Waals surface area contributed by atoms with E-state index in [0.717, 1.165) is 24.5 Å². The van der Waals surface area contributed by atoms with E-state index in [0.29, 0.717) is 0 Å². The molecule has 0 aliphatic carbocycles. The molecule has 4 heteroatoms. The SMILES string of the molecule is Cc1cc(CNCCN2CCCCC2)n[nH]1. The predicted octanol–water partition coefficient (Wildman–Crippen LogP) is 1.29. The van der Waals surface area contributed by atoms with Crippen molar-refractivity contribution in [3.05, 3.63) is 17.5 Å². The molecular formula is C12H22N4. The molecule has 2 heterocycles. The fourth-order valence-electron chi connectivity index (χ4n) is 2.20. The third kappa shape index (κ3) is 3.61. The van der Waals surface area contributed by atoms with Crippen LogP contribution in [0.25, 0.3) is 0 Å². The molecule has 0 bridgehead atoms. The Balaban J connectivity index is 1.57. The Bertz CT molecular complexity index is 302. The number of nitrogens with one attached hydrogen (secondary N) is 2. The van der Waals surface area contributed by atoms with Gasteiger partial charge in [-0.25, -0.2) is 0 Å². The number of nitrogens with zero attached hydrogens (tertiary/aromatic N) is 2. The Hall–Kier alpha value is -0.870. The molecule has 1 aliphatic rings. The van der Waals surface area contributed by atoms with Crippen LogP contribution in [-0.2, 0) is 6.54 Å². The van der Waals surface area contributed by atoms with Crippen LogP contribution in [0, 0.1) is 6.92 Å². The lowest BCUT2D eigenvalue weighted by molar-refractivity contribution is 0.229. The van der Waals surface area contributed by atoms with E-state index in [1.54, 1.807) is 0 Å². The Labute approximate surface area is 97.4 Å². The van der Waals surface area contributed by atoms with Gasteiger partial charge in [0.15, 0.2) is 0 Å². The summed E-state index contributed by atoms with van der Waals surface area (Å²) in [4.78, 5) is 2.55. The lowest BCUT2D eigenvalue weighted by Crippen LogP contribution is -2.35. The van der Waals surface area contributed by atoms with E-state index in [4.69, 9.17) is 0 Å². The lowest BCUT2D eigenvalue weighted by Gasteiger charge is -2.26. The number of aromatic nitrogens is 2. The minimum Gasteiger partial charge on any atom is -0.310 e. The summed E-state index contributed by atoms with van der Waals surface area (Å²) in [5, 5.41) is 10.6. The van der Waals surface area contributed by atoms with Crippen molar-refractivity contribution in [3.8, 4) is 0 Å². The summed E-state index contributed by atoms with van der Waals surface area (Å²) in [7, 11) is 0. The lowest BCUT2D eigenvalue weighted by atomic mass is 10.1. The van der Waals surface area contributed by atoms with E-state index in [1.165, 1.54) is 38.9 Å². The number of aromatic amines is 1. The number of hydrogen-bond acceptors (Lipinski definition) is 3. The van der Waals surface area contributed by atoms with Gasteiger partial charge in [-0.2, -0.15) is 5.10 Å². The predicted molar refractivity (Wildman–Crippen MR) is 65.3 cm³/mol. The maximum Gasteiger partial charge on any atom is 0.0762 e. The van der Waals surface area contributed by atoms with Gasteiger partial charge in [0.2, 0.25) is 0 Å². The Kier molecular flexibility index (Phi) is 4.36. The molecule has 0 spiro atoms. The number of likely N-dealkylation sites (tertiary alicyclic amines) is 1. The summed E-state index contributed by atoms with van der Waals surface area (Å²) in [6.45, 7) is 7.70. The van der Waals surface area contributed by atoms with Gasteiger partial charge in [-0.05, 0) is 38.9 Å². The van der Waals surface area contributed by atoms with Gasteiger partial charge in [0.05, 0.1) is 5.69 Å². The first-order chi connectivity index (χ1) is 7.84. The highest BCUT2D eigenvalue weighted by Crippen LogP contribution is 2.07. The number of aryl methyl sites for hydroxylation is 1. The van der Waals surface area contributed by atoms with E-state index < -0.39 is 0 Å². The average Bonchev–Trinajstić information content (AvgIpc) is 2.72. The van der Waals surface area contributed by atoms with Gasteiger partial charge in [-0.3, -0.25) is 5.10 Å². The van der Waals surface area contributed by atoms with Crippen molar-refractivity contribution >= 4 is 0 Å². The molecule has 1 fully saturated rings. The molecule has 2 N–H and O–H groups in total. The van der Waals surface area contributed by atoms with Gasteiger partial charge >= 0.3 is 0 Å². The number of piperidine rings is 1. The van der Waals surface area contributed by atoms with E-state index in [1.807, 2.05) is 6.92 Å². The molecule has 0 unspecified atom stereocenters. The average molecular weight is 222 g/mol. The molecule has 0 amide bonds. The summed E-state index contributed by atoms with van der Waals surface area (Å²) in [6.07, 6.45) is 4.16. The van der Waals surface area contributed by atoms with Crippen LogP contribution in [0.1, 0.15) is 30.7 Å². The third-order valence-electron chi connectivity index (χ3n) is 3.12. The Morgan fingerprint density at radius 1 is 1.38 bits per heavy atom. The Morgan fingerprint density at radius 2 is 2.19 bits per heavy atom. The normalized spacial score (nSPS) is 17.8. The molecular weight excluding hydrogens is 200 g/mol. The van der Waals surface area contributed by atoms with Gasteiger partial charge < -0.3 is 10.2 Å². The molecule has 16 heavy (non-hydrogen) atoms. The molecule has 1 aliphatic heterocycles. The summed E-state index contributed by atoms with van der Waals surface area (Å²) >= 11 is 0. The van der Waals surface area contributed by atoms with Crippen molar-refractivity contribution in [1.82, 2.24) is 20.4 Å². The second kappa shape index (κ2) is 6.01. The molecule has 90 valence electrons. The molecule has 2 rings (SSSR count). The van der Waals surface area contributed by atoms with Crippen LogP contribution in [0.2, 0.25) is 0 Å². The molecule has 0 aromatic carbocycles. The number of H-pyrrole nitrogens is 1. The fourth-order valence-corrected chi connectivity index (χ4v) is 2.20. The quantitative estimate of drug-likeness (QED) is 0.738. The summed E-state index contributed by atoms with van der Waals surface area (Å²) in [5.74, 6) is 0. The molecule has 4 nitrogen and oxygen atoms in total. The molecule has 1 aromatic rings. The topological polar surface area (TPSA) is 44.0 Å². The highest BCUT2D eigenvalue weighted by Gasteiger charge is 2.08. The zero-order chi connectivity index (χ0) is 11.2.